The number of thioether (sulfide) groups is 1. The summed E-state index contributed by atoms with van der Waals surface area (Å²) in [4.78, 5) is 2.20. The Morgan fingerprint density at radius 1 is 1.16 bits per heavy atom. The van der Waals surface area contributed by atoms with Crippen molar-refractivity contribution in [1.29, 1.82) is 0 Å². The fourth-order valence-corrected chi connectivity index (χ4v) is 3.91. The molecule has 0 bridgehead atoms. The molecule has 138 valence electrons. The van der Waals surface area contributed by atoms with E-state index in [-0.39, 0.29) is 17.1 Å². The highest BCUT2D eigenvalue weighted by Gasteiger charge is 2.23. The zero-order chi connectivity index (χ0) is 18.4. The van der Waals surface area contributed by atoms with Crippen molar-refractivity contribution in [1.82, 2.24) is 19.7 Å². The summed E-state index contributed by atoms with van der Waals surface area (Å²) in [6.07, 6.45) is 3.23. The average molecular weight is 365 g/mol. The van der Waals surface area contributed by atoms with Gasteiger partial charge in [-0.05, 0) is 51.6 Å². The first kappa shape index (κ1) is 19.9. The molecule has 0 saturated heterocycles. The first-order valence-electron chi connectivity index (χ1n) is 8.99. The predicted octanol–water partition coefficient (Wildman–Crippen LogP) is 5.08. The summed E-state index contributed by atoms with van der Waals surface area (Å²) in [7, 11) is 4.17. The quantitative estimate of drug-likeness (QED) is 0.581. The molecular formula is C19H29FN4S. The third-order valence-corrected chi connectivity index (χ3v) is 5.55. The summed E-state index contributed by atoms with van der Waals surface area (Å²) in [6, 6.07) is 6.97. The molecule has 2 atom stereocenters. The lowest BCUT2D eigenvalue weighted by Crippen LogP contribution is -2.23. The highest BCUT2D eigenvalue weighted by molar-refractivity contribution is 7.99. The molecule has 0 fully saturated rings. The van der Waals surface area contributed by atoms with E-state index >= 15 is 0 Å². The van der Waals surface area contributed by atoms with Crippen molar-refractivity contribution < 1.29 is 4.39 Å². The molecule has 1 aromatic carbocycles. The molecule has 0 spiro atoms. The zero-order valence-corrected chi connectivity index (χ0v) is 16.7. The van der Waals surface area contributed by atoms with Gasteiger partial charge in [0.25, 0.3) is 0 Å². The van der Waals surface area contributed by atoms with Crippen LogP contribution in [0.1, 0.15) is 62.7 Å². The molecule has 1 heterocycles. The third-order valence-electron chi connectivity index (χ3n) is 4.41. The maximum absolute atomic E-state index is 13.1. The molecular weight excluding hydrogens is 335 g/mol. The topological polar surface area (TPSA) is 34.0 Å². The van der Waals surface area contributed by atoms with Gasteiger partial charge in [-0.1, -0.05) is 44.2 Å². The molecule has 1 aromatic heterocycles. The SMILES string of the molecule is CCCCn1c(SC(C)c2ccc(F)cc2)nnc1C(CC)N(C)C. The molecule has 0 aliphatic heterocycles. The monoisotopic (exact) mass is 364 g/mol. The second-order valence-electron chi connectivity index (χ2n) is 6.55. The Kier molecular flexibility index (Phi) is 7.44. The van der Waals surface area contributed by atoms with Crippen LogP contribution in [0.2, 0.25) is 0 Å². The Bertz CT molecular complexity index is 654. The number of hydrogen-bond acceptors (Lipinski definition) is 4. The van der Waals surface area contributed by atoms with Gasteiger partial charge in [0.05, 0.1) is 6.04 Å². The van der Waals surface area contributed by atoms with Crippen LogP contribution in [0, 0.1) is 5.82 Å². The van der Waals surface area contributed by atoms with Gasteiger partial charge in [-0.15, -0.1) is 10.2 Å². The van der Waals surface area contributed by atoms with Gasteiger partial charge in [0.15, 0.2) is 11.0 Å². The Hall–Kier alpha value is -1.40. The van der Waals surface area contributed by atoms with Crippen LogP contribution in [-0.4, -0.2) is 33.8 Å². The highest BCUT2D eigenvalue weighted by Crippen LogP contribution is 2.35. The summed E-state index contributed by atoms with van der Waals surface area (Å²) in [6.45, 7) is 7.43. The minimum absolute atomic E-state index is 0.192. The van der Waals surface area contributed by atoms with E-state index in [0.29, 0.717) is 0 Å². The van der Waals surface area contributed by atoms with Crippen LogP contribution in [0.4, 0.5) is 4.39 Å². The molecule has 0 N–H and O–H groups in total. The van der Waals surface area contributed by atoms with Crippen LogP contribution < -0.4 is 0 Å². The van der Waals surface area contributed by atoms with Gasteiger partial charge in [-0.3, -0.25) is 4.90 Å². The van der Waals surface area contributed by atoms with Crippen LogP contribution in [0.15, 0.2) is 29.4 Å². The normalized spacial score (nSPS) is 14.0. The number of hydrogen-bond donors (Lipinski definition) is 0. The average Bonchev–Trinajstić information content (AvgIpc) is 2.96. The molecule has 0 saturated carbocycles. The van der Waals surface area contributed by atoms with E-state index in [9.17, 15) is 4.39 Å². The number of aromatic nitrogens is 3. The van der Waals surface area contributed by atoms with Crippen molar-refractivity contribution in [3.8, 4) is 0 Å². The van der Waals surface area contributed by atoms with E-state index in [1.165, 1.54) is 12.1 Å². The summed E-state index contributed by atoms with van der Waals surface area (Å²) in [5, 5.41) is 10.1. The van der Waals surface area contributed by atoms with Crippen LogP contribution in [0.5, 0.6) is 0 Å². The summed E-state index contributed by atoms with van der Waals surface area (Å²) in [5.41, 5.74) is 1.10. The van der Waals surface area contributed by atoms with Crippen LogP contribution in [0.25, 0.3) is 0 Å². The summed E-state index contributed by atoms with van der Waals surface area (Å²) >= 11 is 1.69. The van der Waals surface area contributed by atoms with Gasteiger partial charge in [0.1, 0.15) is 5.82 Å². The van der Waals surface area contributed by atoms with Gasteiger partial charge < -0.3 is 4.57 Å². The summed E-state index contributed by atoms with van der Waals surface area (Å²) < 4.78 is 15.4. The maximum Gasteiger partial charge on any atom is 0.191 e. The van der Waals surface area contributed by atoms with E-state index in [1.54, 1.807) is 11.8 Å². The second kappa shape index (κ2) is 9.34. The van der Waals surface area contributed by atoms with Crippen LogP contribution >= 0.6 is 11.8 Å². The number of benzene rings is 1. The fraction of sp³-hybridized carbons (Fsp3) is 0.579. The minimum Gasteiger partial charge on any atom is -0.305 e. The number of halogens is 1. The molecule has 2 rings (SSSR count). The maximum atomic E-state index is 13.1. The van der Waals surface area contributed by atoms with Gasteiger partial charge in [-0.2, -0.15) is 0 Å². The Morgan fingerprint density at radius 3 is 2.40 bits per heavy atom. The highest BCUT2D eigenvalue weighted by atomic mass is 32.2. The first-order valence-corrected chi connectivity index (χ1v) is 9.87. The van der Waals surface area contributed by atoms with Crippen molar-refractivity contribution in [2.45, 2.75) is 63.0 Å². The Balaban J connectivity index is 2.26. The lowest BCUT2D eigenvalue weighted by molar-refractivity contribution is 0.270. The summed E-state index contributed by atoms with van der Waals surface area (Å²) in [5.74, 6) is 0.834. The number of nitrogens with zero attached hydrogens (tertiary/aromatic N) is 4. The van der Waals surface area contributed by atoms with Crippen molar-refractivity contribution in [2.24, 2.45) is 0 Å². The molecule has 0 aliphatic rings. The fourth-order valence-electron chi connectivity index (χ4n) is 2.90. The molecule has 25 heavy (non-hydrogen) atoms. The zero-order valence-electron chi connectivity index (χ0n) is 15.9. The predicted molar refractivity (Wildman–Crippen MR) is 102 cm³/mol. The van der Waals surface area contributed by atoms with Crippen LogP contribution in [-0.2, 0) is 6.54 Å². The van der Waals surface area contributed by atoms with Crippen molar-refractivity contribution in [3.63, 3.8) is 0 Å². The van der Waals surface area contributed by atoms with E-state index in [2.05, 4.69) is 54.5 Å². The smallest absolute Gasteiger partial charge is 0.191 e. The molecule has 2 aromatic rings. The number of unbranched alkanes of at least 4 members (excludes halogenated alkanes) is 1. The molecule has 4 nitrogen and oxygen atoms in total. The standard InChI is InChI=1S/C19H29FN4S/c1-6-8-13-24-18(17(7-2)23(4)5)21-22-19(24)25-14(3)15-9-11-16(20)12-10-15/h9-12,14,17H,6-8,13H2,1-5H3. The lowest BCUT2D eigenvalue weighted by atomic mass is 10.2. The first-order chi connectivity index (χ1) is 12.0. The van der Waals surface area contributed by atoms with E-state index in [1.807, 2.05) is 12.1 Å². The lowest BCUT2D eigenvalue weighted by Gasteiger charge is -2.23. The van der Waals surface area contributed by atoms with E-state index in [0.717, 1.165) is 42.4 Å². The number of rotatable bonds is 9. The van der Waals surface area contributed by atoms with Crippen LogP contribution in [0.3, 0.4) is 0 Å². The molecule has 0 amide bonds. The van der Waals surface area contributed by atoms with E-state index in [4.69, 9.17) is 0 Å². The largest absolute Gasteiger partial charge is 0.305 e. The molecule has 0 radical (unpaired) electrons. The minimum atomic E-state index is -0.203. The Morgan fingerprint density at radius 2 is 1.84 bits per heavy atom. The van der Waals surface area contributed by atoms with Gasteiger partial charge in [0, 0.05) is 11.8 Å². The van der Waals surface area contributed by atoms with Crippen molar-refractivity contribution in [3.05, 3.63) is 41.5 Å². The van der Waals surface area contributed by atoms with Gasteiger partial charge in [-0.25, -0.2) is 4.39 Å². The van der Waals surface area contributed by atoms with E-state index < -0.39 is 0 Å². The Labute approximate surface area is 154 Å². The third kappa shape index (κ3) is 5.05. The van der Waals surface area contributed by atoms with Crippen molar-refractivity contribution in [2.75, 3.05) is 14.1 Å². The van der Waals surface area contributed by atoms with Crippen molar-refractivity contribution >= 4 is 11.8 Å². The second-order valence-corrected chi connectivity index (χ2v) is 7.85. The van der Waals surface area contributed by atoms with Gasteiger partial charge >= 0.3 is 0 Å². The molecule has 0 aliphatic carbocycles. The molecule has 2 unspecified atom stereocenters. The van der Waals surface area contributed by atoms with Gasteiger partial charge in [0.2, 0.25) is 0 Å². The molecule has 6 heteroatoms.